The molecule has 0 aliphatic carbocycles. The number of rotatable bonds is 6. The fraction of sp³-hybridized carbons (Fsp3) is 0.0769. The lowest BCUT2D eigenvalue weighted by Crippen LogP contribution is -2.12. The van der Waals surface area contributed by atoms with Crippen molar-refractivity contribution in [3.63, 3.8) is 0 Å². The average Bonchev–Trinajstić information content (AvgIpc) is 2.76. The second-order valence-corrected chi connectivity index (χ2v) is 6.88. The molecule has 0 fully saturated rings. The Bertz CT molecular complexity index is 1070. The standard InChI is InChI=1S/C26H20O4/c27-25(17-19-9-3-1-4-10-19)29-23-15-7-14-22-21(23)13-8-16-24(22)30-26(28)18-20-11-5-2-6-12-20/h1-16H,17-18H2. The van der Waals surface area contributed by atoms with Gasteiger partial charge in [0.1, 0.15) is 11.5 Å². The summed E-state index contributed by atoms with van der Waals surface area (Å²) in [5.41, 5.74) is 1.77. The topological polar surface area (TPSA) is 52.6 Å². The molecule has 0 aromatic heterocycles. The lowest BCUT2D eigenvalue weighted by molar-refractivity contribution is -0.134. The highest BCUT2D eigenvalue weighted by Gasteiger charge is 2.13. The average molecular weight is 396 g/mol. The molecular weight excluding hydrogens is 376 g/mol. The van der Waals surface area contributed by atoms with Gasteiger partial charge in [-0.05, 0) is 23.3 Å². The molecule has 4 aromatic carbocycles. The molecule has 30 heavy (non-hydrogen) atoms. The summed E-state index contributed by atoms with van der Waals surface area (Å²) in [6, 6.07) is 29.6. The van der Waals surface area contributed by atoms with Crippen LogP contribution < -0.4 is 9.47 Å². The molecular formula is C26H20O4. The van der Waals surface area contributed by atoms with E-state index in [1.807, 2.05) is 72.8 Å². The summed E-state index contributed by atoms with van der Waals surface area (Å²) in [6.45, 7) is 0. The van der Waals surface area contributed by atoms with Crippen molar-refractivity contribution in [2.45, 2.75) is 12.8 Å². The predicted octanol–water partition coefficient (Wildman–Crippen LogP) is 5.14. The van der Waals surface area contributed by atoms with Gasteiger partial charge in [0.05, 0.1) is 12.8 Å². The largest absolute Gasteiger partial charge is 0.426 e. The van der Waals surface area contributed by atoms with E-state index in [4.69, 9.17) is 9.47 Å². The molecule has 4 rings (SSSR count). The van der Waals surface area contributed by atoms with E-state index in [2.05, 4.69) is 0 Å². The number of benzene rings is 4. The zero-order valence-corrected chi connectivity index (χ0v) is 16.3. The van der Waals surface area contributed by atoms with Gasteiger partial charge in [-0.3, -0.25) is 9.59 Å². The Morgan fingerprint density at radius 3 is 1.30 bits per heavy atom. The quantitative estimate of drug-likeness (QED) is 0.335. The van der Waals surface area contributed by atoms with Crippen LogP contribution in [0.4, 0.5) is 0 Å². The molecule has 0 aliphatic rings. The molecule has 4 heteroatoms. The minimum absolute atomic E-state index is 0.184. The van der Waals surface area contributed by atoms with Crippen molar-refractivity contribution in [2.75, 3.05) is 0 Å². The fourth-order valence-corrected chi connectivity index (χ4v) is 3.27. The van der Waals surface area contributed by atoms with Crippen LogP contribution in [-0.2, 0) is 22.4 Å². The molecule has 148 valence electrons. The number of ether oxygens (including phenoxy) is 2. The highest BCUT2D eigenvalue weighted by molar-refractivity contribution is 5.96. The normalized spacial score (nSPS) is 10.5. The van der Waals surface area contributed by atoms with E-state index in [1.165, 1.54) is 0 Å². The summed E-state index contributed by atoms with van der Waals surface area (Å²) in [4.78, 5) is 24.8. The summed E-state index contributed by atoms with van der Waals surface area (Å²) >= 11 is 0. The fourth-order valence-electron chi connectivity index (χ4n) is 3.27. The number of carbonyl (C=O) groups is 2. The van der Waals surface area contributed by atoms with E-state index in [0.717, 1.165) is 11.1 Å². The van der Waals surface area contributed by atoms with Gasteiger partial charge < -0.3 is 9.47 Å². The third-order valence-corrected chi connectivity index (χ3v) is 4.67. The lowest BCUT2D eigenvalue weighted by Gasteiger charge is -2.11. The first kappa shape index (κ1) is 19.4. The number of hydrogen-bond acceptors (Lipinski definition) is 4. The van der Waals surface area contributed by atoms with E-state index in [0.29, 0.717) is 22.3 Å². The van der Waals surface area contributed by atoms with Gasteiger partial charge in [0.2, 0.25) is 0 Å². The summed E-state index contributed by atoms with van der Waals surface area (Å²) < 4.78 is 11.2. The van der Waals surface area contributed by atoms with Crippen LogP contribution in [0.1, 0.15) is 11.1 Å². The van der Waals surface area contributed by atoms with E-state index < -0.39 is 0 Å². The monoisotopic (exact) mass is 396 g/mol. The Balaban J connectivity index is 1.52. The maximum absolute atomic E-state index is 12.4. The maximum atomic E-state index is 12.4. The number of hydrogen-bond donors (Lipinski definition) is 0. The van der Waals surface area contributed by atoms with E-state index in [9.17, 15) is 9.59 Å². The first-order valence-corrected chi connectivity index (χ1v) is 9.70. The molecule has 0 saturated heterocycles. The second kappa shape index (κ2) is 9.05. The van der Waals surface area contributed by atoms with Crippen LogP contribution in [0.2, 0.25) is 0 Å². The van der Waals surface area contributed by atoms with Gasteiger partial charge in [-0.15, -0.1) is 0 Å². The molecule has 0 amide bonds. The molecule has 0 aliphatic heterocycles. The van der Waals surface area contributed by atoms with Crippen LogP contribution in [-0.4, -0.2) is 11.9 Å². The minimum Gasteiger partial charge on any atom is -0.426 e. The Kier molecular flexibility index (Phi) is 5.85. The lowest BCUT2D eigenvalue weighted by atomic mass is 10.1. The van der Waals surface area contributed by atoms with Crippen molar-refractivity contribution in [2.24, 2.45) is 0 Å². The number of esters is 2. The summed E-state index contributed by atoms with van der Waals surface area (Å²) in [5.74, 6) is 0.184. The van der Waals surface area contributed by atoms with Gasteiger partial charge in [-0.25, -0.2) is 0 Å². The Labute approximate surface area is 174 Å². The zero-order chi connectivity index (χ0) is 20.8. The summed E-state index contributed by atoms with van der Waals surface area (Å²) in [5, 5.41) is 1.42. The molecule has 0 bridgehead atoms. The smallest absolute Gasteiger partial charge is 0.315 e. The minimum atomic E-state index is -0.347. The Hall–Kier alpha value is -3.92. The van der Waals surface area contributed by atoms with Crippen molar-refractivity contribution in [3.8, 4) is 11.5 Å². The van der Waals surface area contributed by atoms with Gasteiger partial charge in [-0.1, -0.05) is 84.9 Å². The predicted molar refractivity (Wildman–Crippen MR) is 116 cm³/mol. The van der Waals surface area contributed by atoms with Gasteiger partial charge in [0, 0.05) is 10.8 Å². The first-order chi connectivity index (χ1) is 14.7. The molecule has 0 unspecified atom stereocenters. The van der Waals surface area contributed by atoms with Crippen LogP contribution in [0.15, 0.2) is 97.1 Å². The van der Waals surface area contributed by atoms with Crippen LogP contribution in [0.3, 0.4) is 0 Å². The Morgan fingerprint density at radius 2 is 0.900 bits per heavy atom. The SMILES string of the molecule is O=C(Cc1ccccc1)Oc1cccc2c(OC(=O)Cc3ccccc3)cccc12. The Morgan fingerprint density at radius 1 is 0.500 bits per heavy atom. The molecule has 0 heterocycles. The first-order valence-electron chi connectivity index (χ1n) is 9.70. The zero-order valence-electron chi connectivity index (χ0n) is 16.3. The molecule has 0 saturated carbocycles. The van der Waals surface area contributed by atoms with Crippen molar-refractivity contribution in [3.05, 3.63) is 108 Å². The third kappa shape index (κ3) is 4.73. The van der Waals surface area contributed by atoms with Gasteiger partial charge >= 0.3 is 11.9 Å². The van der Waals surface area contributed by atoms with Gasteiger partial charge in [0.25, 0.3) is 0 Å². The van der Waals surface area contributed by atoms with E-state index in [1.54, 1.807) is 24.3 Å². The van der Waals surface area contributed by atoms with Crippen LogP contribution in [0.5, 0.6) is 11.5 Å². The van der Waals surface area contributed by atoms with Crippen molar-refractivity contribution in [1.29, 1.82) is 0 Å². The van der Waals surface area contributed by atoms with Crippen molar-refractivity contribution in [1.82, 2.24) is 0 Å². The molecule has 0 spiro atoms. The highest BCUT2D eigenvalue weighted by Crippen LogP contribution is 2.32. The van der Waals surface area contributed by atoms with Crippen molar-refractivity contribution < 1.29 is 19.1 Å². The molecule has 0 atom stereocenters. The molecule has 4 nitrogen and oxygen atoms in total. The van der Waals surface area contributed by atoms with Crippen LogP contribution >= 0.6 is 0 Å². The molecule has 0 radical (unpaired) electrons. The summed E-state index contributed by atoms with van der Waals surface area (Å²) in [7, 11) is 0. The van der Waals surface area contributed by atoms with Gasteiger partial charge in [-0.2, -0.15) is 0 Å². The summed E-state index contributed by atoms with van der Waals surface area (Å²) in [6.07, 6.45) is 0.367. The van der Waals surface area contributed by atoms with Crippen LogP contribution in [0.25, 0.3) is 10.8 Å². The third-order valence-electron chi connectivity index (χ3n) is 4.67. The van der Waals surface area contributed by atoms with Gasteiger partial charge in [0.15, 0.2) is 0 Å². The highest BCUT2D eigenvalue weighted by atomic mass is 16.5. The maximum Gasteiger partial charge on any atom is 0.315 e. The molecule has 0 N–H and O–H groups in total. The van der Waals surface area contributed by atoms with Crippen molar-refractivity contribution >= 4 is 22.7 Å². The molecule has 4 aromatic rings. The van der Waals surface area contributed by atoms with E-state index >= 15 is 0 Å². The number of carbonyl (C=O) groups excluding carboxylic acids is 2. The van der Waals surface area contributed by atoms with Crippen LogP contribution in [0, 0.1) is 0 Å². The van der Waals surface area contributed by atoms with E-state index in [-0.39, 0.29) is 24.8 Å². The number of fused-ring (bicyclic) bond motifs is 1. The second-order valence-electron chi connectivity index (χ2n) is 6.88.